The van der Waals surface area contributed by atoms with E-state index in [2.05, 4.69) is 4.98 Å². The van der Waals surface area contributed by atoms with Crippen molar-refractivity contribution in [2.24, 2.45) is 0 Å². The number of hydrogen-bond donors (Lipinski definition) is 2. The number of pyridine rings is 1. The third kappa shape index (κ3) is 2.30. The van der Waals surface area contributed by atoms with E-state index < -0.39 is 11.9 Å². The maximum atomic E-state index is 13.4. The van der Waals surface area contributed by atoms with Crippen molar-refractivity contribution in [1.82, 2.24) is 4.98 Å². The number of aryl methyl sites for hydroxylation is 1. The number of benzene rings is 1. The van der Waals surface area contributed by atoms with Gasteiger partial charge in [0.1, 0.15) is 17.7 Å². The zero-order valence-electron chi connectivity index (χ0n) is 9.69. The molecule has 1 aromatic heterocycles. The molecule has 1 unspecified atom stereocenters. The lowest BCUT2D eigenvalue weighted by atomic mass is 9.98. The normalized spacial score (nSPS) is 12.4. The Balaban J connectivity index is 2.48. The Morgan fingerprint density at radius 3 is 2.72 bits per heavy atom. The van der Waals surface area contributed by atoms with Crippen molar-refractivity contribution in [1.29, 1.82) is 0 Å². The number of anilines is 1. The Morgan fingerprint density at radius 2 is 2.11 bits per heavy atom. The zero-order valence-corrected chi connectivity index (χ0v) is 10.4. The highest BCUT2D eigenvalue weighted by Gasteiger charge is 2.17. The molecule has 0 aliphatic rings. The second-order valence-corrected chi connectivity index (χ2v) is 4.41. The highest BCUT2D eigenvalue weighted by molar-refractivity contribution is 6.30. The summed E-state index contributed by atoms with van der Waals surface area (Å²) in [4.78, 5) is 3.92. The molecule has 0 radical (unpaired) electrons. The average molecular weight is 267 g/mol. The number of nitrogens with two attached hydrogens (primary N) is 1. The van der Waals surface area contributed by atoms with Crippen LogP contribution in [-0.4, -0.2) is 10.1 Å². The summed E-state index contributed by atoms with van der Waals surface area (Å²) >= 11 is 5.60. The molecule has 94 valence electrons. The van der Waals surface area contributed by atoms with Crippen LogP contribution in [0.25, 0.3) is 0 Å². The number of halogens is 2. The first kappa shape index (κ1) is 12.8. The van der Waals surface area contributed by atoms with Crippen LogP contribution < -0.4 is 5.73 Å². The van der Waals surface area contributed by atoms with E-state index in [-0.39, 0.29) is 10.8 Å². The van der Waals surface area contributed by atoms with Crippen molar-refractivity contribution in [3.63, 3.8) is 0 Å². The smallest absolute Gasteiger partial charge is 0.142 e. The number of nitrogen functional groups attached to an aromatic ring is 1. The van der Waals surface area contributed by atoms with E-state index in [9.17, 15) is 9.50 Å². The molecule has 0 spiro atoms. The summed E-state index contributed by atoms with van der Waals surface area (Å²) in [5.41, 5.74) is 7.41. The zero-order chi connectivity index (χ0) is 13.3. The van der Waals surface area contributed by atoms with Crippen LogP contribution in [-0.2, 0) is 0 Å². The van der Waals surface area contributed by atoms with Crippen LogP contribution in [0.3, 0.4) is 0 Å². The molecule has 0 amide bonds. The fourth-order valence-electron chi connectivity index (χ4n) is 1.80. The first-order valence-corrected chi connectivity index (χ1v) is 5.72. The van der Waals surface area contributed by atoms with Crippen molar-refractivity contribution in [2.45, 2.75) is 13.0 Å². The lowest BCUT2D eigenvalue weighted by Gasteiger charge is -2.16. The molecule has 18 heavy (non-hydrogen) atoms. The van der Waals surface area contributed by atoms with Gasteiger partial charge in [-0.15, -0.1) is 0 Å². The summed E-state index contributed by atoms with van der Waals surface area (Å²) < 4.78 is 13.4. The number of aliphatic hydroxyl groups excluding tert-OH is 1. The van der Waals surface area contributed by atoms with Gasteiger partial charge < -0.3 is 10.8 Å². The van der Waals surface area contributed by atoms with Crippen LogP contribution in [0.1, 0.15) is 22.8 Å². The second kappa shape index (κ2) is 4.92. The van der Waals surface area contributed by atoms with Gasteiger partial charge in [-0.3, -0.25) is 0 Å². The van der Waals surface area contributed by atoms with Gasteiger partial charge in [-0.2, -0.15) is 0 Å². The quantitative estimate of drug-likeness (QED) is 0.879. The standard InChI is InChI=1S/C13H12ClFN2O/c1-7-4-5-17-13(16)11(7)12(18)8-2-3-9(14)10(15)6-8/h2-6,12,18H,1H3,(H2,16,17). The molecule has 0 fully saturated rings. The molecule has 0 aliphatic heterocycles. The molecule has 3 nitrogen and oxygen atoms in total. The summed E-state index contributed by atoms with van der Waals surface area (Å²) in [5, 5.41) is 10.3. The van der Waals surface area contributed by atoms with Crippen LogP contribution in [0.5, 0.6) is 0 Å². The minimum absolute atomic E-state index is 0.0156. The third-order valence-corrected chi connectivity index (χ3v) is 3.08. The monoisotopic (exact) mass is 266 g/mol. The van der Waals surface area contributed by atoms with Crippen LogP contribution in [0.15, 0.2) is 30.5 Å². The molecule has 1 heterocycles. The van der Waals surface area contributed by atoms with E-state index in [1.165, 1.54) is 12.1 Å². The average Bonchev–Trinajstić information content (AvgIpc) is 2.32. The van der Waals surface area contributed by atoms with Gasteiger partial charge in [0.2, 0.25) is 0 Å². The predicted molar refractivity (Wildman–Crippen MR) is 68.9 cm³/mol. The van der Waals surface area contributed by atoms with Crippen molar-refractivity contribution >= 4 is 17.4 Å². The number of aliphatic hydroxyl groups is 1. The Labute approximate surface area is 109 Å². The van der Waals surface area contributed by atoms with Crippen molar-refractivity contribution in [3.8, 4) is 0 Å². The van der Waals surface area contributed by atoms with E-state index in [4.69, 9.17) is 17.3 Å². The summed E-state index contributed by atoms with van der Waals surface area (Å²) in [6.45, 7) is 1.81. The number of aromatic nitrogens is 1. The molecule has 0 saturated heterocycles. The molecule has 5 heteroatoms. The van der Waals surface area contributed by atoms with E-state index in [1.54, 1.807) is 18.3 Å². The Morgan fingerprint density at radius 1 is 1.39 bits per heavy atom. The molecule has 0 saturated carbocycles. The summed E-state index contributed by atoms with van der Waals surface area (Å²) in [6.07, 6.45) is 0.536. The highest BCUT2D eigenvalue weighted by Crippen LogP contribution is 2.29. The topological polar surface area (TPSA) is 59.1 Å². The van der Waals surface area contributed by atoms with Crippen LogP contribution >= 0.6 is 11.6 Å². The molecule has 0 aliphatic carbocycles. The van der Waals surface area contributed by atoms with Gasteiger partial charge in [0.15, 0.2) is 0 Å². The van der Waals surface area contributed by atoms with E-state index in [1.807, 2.05) is 6.92 Å². The molecule has 1 atom stereocenters. The SMILES string of the molecule is Cc1ccnc(N)c1C(O)c1ccc(Cl)c(F)c1. The molecule has 3 N–H and O–H groups in total. The summed E-state index contributed by atoms with van der Waals surface area (Å²) in [6, 6.07) is 5.89. The Kier molecular flexibility index (Phi) is 3.50. The molecule has 2 rings (SSSR count). The van der Waals surface area contributed by atoms with Gasteiger partial charge in [-0.25, -0.2) is 9.37 Å². The number of nitrogens with zero attached hydrogens (tertiary/aromatic N) is 1. The van der Waals surface area contributed by atoms with E-state index in [0.717, 1.165) is 5.56 Å². The van der Waals surface area contributed by atoms with Gasteiger partial charge in [0.25, 0.3) is 0 Å². The van der Waals surface area contributed by atoms with Crippen molar-refractivity contribution in [2.75, 3.05) is 5.73 Å². The minimum Gasteiger partial charge on any atom is -0.384 e. The maximum Gasteiger partial charge on any atom is 0.142 e. The Hall–Kier alpha value is -1.65. The lowest BCUT2D eigenvalue weighted by molar-refractivity contribution is 0.219. The van der Waals surface area contributed by atoms with Gasteiger partial charge in [-0.05, 0) is 36.2 Å². The van der Waals surface area contributed by atoms with Crippen molar-refractivity contribution in [3.05, 3.63) is 58.0 Å². The van der Waals surface area contributed by atoms with Crippen LogP contribution in [0.2, 0.25) is 5.02 Å². The van der Waals surface area contributed by atoms with Crippen molar-refractivity contribution < 1.29 is 9.50 Å². The van der Waals surface area contributed by atoms with Gasteiger partial charge in [0, 0.05) is 11.8 Å². The third-order valence-electron chi connectivity index (χ3n) is 2.77. The minimum atomic E-state index is -1.02. The maximum absolute atomic E-state index is 13.4. The molecule has 0 bridgehead atoms. The first-order chi connectivity index (χ1) is 8.50. The Bertz CT molecular complexity index is 569. The molecular weight excluding hydrogens is 255 g/mol. The number of rotatable bonds is 2. The predicted octanol–water partition coefficient (Wildman–Crippen LogP) is 2.85. The van der Waals surface area contributed by atoms with Crippen LogP contribution in [0, 0.1) is 12.7 Å². The first-order valence-electron chi connectivity index (χ1n) is 5.34. The molecule has 2 aromatic rings. The van der Waals surface area contributed by atoms with Gasteiger partial charge in [0.05, 0.1) is 5.02 Å². The fourth-order valence-corrected chi connectivity index (χ4v) is 1.91. The largest absolute Gasteiger partial charge is 0.384 e. The van der Waals surface area contributed by atoms with Gasteiger partial charge >= 0.3 is 0 Å². The fraction of sp³-hybridized carbons (Fsp3) is 0.154. The van der Waals surface area contributed by atoms with Crippen LogP contribution in [0.4, 0.5) is 10.2 Å². The second-order valence-electron chi connectivity index (χ2n) is 4.00. The van der Waals surface area contributed by atoms with E-state index in [0.29, 0.717) is 11.1 Å². The summed E-state index contributed by atoms with van der Waals surface area (Å²) in [7, 11) is 0. The van der Waals surface area contributed by atoms with E-state index >= 15 is 0 Å². The molecular formula is C13H12ClFN2O. The summed E-state index contributed by atoms with van der Waals surface area (Å²) in [5.74, 6) is -0.341. The lowest BCUT2D eigenvalue weighted by Crippen LogP contribution is -2.08. The molecule has 1 aromatic carbocycles. The van der Waals surface area contributed by atoms with Gasteiger partial charge in [-0.1, -0.05) is 17.7 Å². The number of hydrogen-bond acceptors (Lipinski definition) is 3. The highest BCUT2D eigenvalue weighted by atomic mass is 35.5.